The van der Waals surface area contributed by atoms with Crippen molar-refractivity contribution < 1.29 is 15.0 Å². The van der Waals surface area contributed by atoms with Gasteiger partial charge in [-0.3, -0.25) is 4.72 Å². The van der Waals surface area contributed by atoms with Gasteiger partial charge in [0.1, 0.15) is 0 Å². The molecule has 0 heterocycles. The Morgan fingerprint density at radius 3 is 2.34 bits per heavy atom. The van der Waals surface area contributed by atoms with Crippen molar-refractivity contribution in [3.8, 4) is 0 Å². The molecular formula is C35H56N2O3S. The van der Waals surface area contributed by atoms with Crippen LogP contribution in [0.25, 0.3) is 0 Å². The number of hydrogen-bond acceptors (Lipinski definition) is 4. The Morgan fingerprint density at radius 1 is 0.976 bits per heavy atom. The maximum Gasteiger partial charge on any atom is 0.325 e. The molecule has 5 nitrogen and oxygen atoms in total. The summed E-state index contributed by atoms with van der Waals surface area (Å²) >= 11 is 1.37. The summed E-state index contributed by atoms with van der Waals surface area (Å²) in [5.74, 6) is 3.01. The summed E-state index contributed by atoms with van der Waals surface area (Å²) in [6, 6.07) is 8.29. The molecule has 0 aliphatic heterocycles. The van der Waals surface area contributed by atoms with Crippen molar-refractivity contribution in [1.29, 1.82) is 0 Å². The number of nitrogens with one attached hydrogen (secondary N) is 2. The molecule has 41 heavy (non-hydrogen) atoms. The minimum absolute atomic E-state index is 0.123. The van der Waals surface area contributed by atoms with Gasteiger partial charge in [-0.15, -0.1) is 0 Å². The zero-order valence-corrected chi connectivity index (χ0v) is 27.2. The maximum absolute atomic E-state index is 12.5. The molecular weight excluding hydrogens is 528 g/mol. The first kappa shape index (κ1) is 31.2. The Hall–Kier alpha value is -1.24. The van der Waals surface area contributed by atoms with E-state index in [1.165, 1.54) is 43.2 Å². The fourth-order valence-corrected chi connectivity index (χ4v) is 10.8. The second kappa shape index (κ2) is 12.0. The van der Waals surface area contributed by atoms with Crippen molar-refractivity contribution in [1.82, 2.24) is 10.0 Å². The van der Waals surface area contributed by atoms with Gasteiger partial charge in [-0.2, -0.15) is 0 Å². The second-order valence-corrected chi connectivity index (χ2v) is 16.5. The smallest absolute Gasteiger partial charge is 0.325 e. The van der Waals surface area contributed by atoms with E-state index in [1.54, 1.807) is 0 Å². The molecule has 6 heteroatoms. The summed E-state index contributed by atoms with van der Waals surface area (Å²) in [5.41, 5.74) is 1.96. The van der Waals surface area contributed by atoms with Gasteiger partial charge in [-0.25, -0.2) is 4.79 Å². The molecule has 6 unspecified atom stereocenters. The quantitative estimate of drug-likeness (QED) is 0.196. The van der Waals surface area contributed by atoms with E-state index in [0.29, 0.717) is 42.1 Å². The van der Waals surface area contributed by atoms with E-state index in [4.69, 9.17) is 0 Å². The number of rotatable bonds is 7. The molecule has 4 aliphatic rings. The van der Waals surface area contributed by atoms with Crippen molar-refractivity contribution in [2.75, 3.05) is 6.54 Å². The number of carbonyl (C=O) groups is 1. The van der Waals surface area contributed by atoms with Gasteiger partial charge in [0, 0.05) is 11.4 Å². The van der Waals surface area contributed by atoms with Gasteiger partial charge >= 0.3 is 6.03 Å². The van der Waals surface area contributed by atoms with Gasteiger partial charge in [-0.05, 0) is 139 Å². The Bertz CT molecular complexity index is 1060. The molecule has 0 aromatic heterocycles. The van der Waals surface area contributed by atoms with Crippen LogP contribution in [0.4, 0.5) is 4.79 Å². The molecule has 0 bridgehead atoms. The second-order valence-electron chi connectivity index (χ2n) is 15.6. The van der Waals surface area contributed by atoms with Crippen LogP contribution in [-0.4, -0.2) is 35.0 Å². The number of aliphatic hydroxyl groups is 2. The SMILES string of the molecule is CC[C@H]1C(O)C2C3CC[C@H](CCCNC(=O)NSc4ccc(C(C)(C)C)cc4)C3(C)CC[C@@H]2C2(C)CC[C@@H](O)CC12. The molecule has 10 atom stereocenters. The Kier molecular flexibility index (Phi) is 9.16. The van der Waals surface area contributed by atoms with Crippen LogP contribution in [0.15, 0.2) is 29.2 Å². The standard InChI is InChI=1S/C35H56N2O3S/c1-7-26-29-21-24(38)16-18-35(29,6)28-17-19-34(5)23(12-15-27(34)30(28)31(26)39)9-8-20-36-32(40)37-41-25-13-10-22(11-14-25)33(2,3)4/h10-11,13-14,23-24,26-31,38-39H,7-9,12,15-21H2,1-6H3,(H2,36,37,40)/t23-,24+,26+,27?,28-,29?,30?,31?,34?,35?/m0/s1. The lowest BCUT2D eigenvalue weighted by Gasteiger charge is -2.64. The van der Waals surface area contributed by atoms with E-state index in [1.807, 2.05) is 0 Å². The third kappa shape index (κ3) is 5.96. The number of hydrogen-bond donors (Lipinski definition) is 4. The van der Waals surface area contributed by atoms with Crippen LogP contribution in [0.1, 0.15) is 111 Å². The fourth-order valence-electron chi connectivity index (χ4n) is 10.3. The molecule has 4 fully saturated rings. The van der Waals surface area contributed by atoms with Crippen molar-refractivity contribution in [2.24, 2.45) is 46.3 Å². The molecule has 2 amide bonds. The molecule has 0 saturated heterocycles. The number of amides is 2. The highest BCUT2D eigenvalue weighted by Crippen LogP contribution is 2.69. The Balaban J connectivity index is 1.13. The van der Waals surface area contributed by atoms with E-state index >= 15 is 0 Å². The number of fused-ring (bicyclic) bond motifs is 5. The lowest BCUT2D eigenvalue weighted by atomic mass is 9.41. The summed E-state index contributed by atoms with van der Waals surface area (Å²) in [7, 11) is 0. The van der Waals surface area contributed by atoms with Gasteiger partial charge in [-0.1, -0.05) is 60.1 Å². The molecule has 1 aromatic rings. The largest absolute Gasteiger partial charge is 0.393 e. The van der Waals surface area contributed by atoms with Crippen LogP contribution >= 0.6 is 11.9 Å². The summed E-state index contributed by atoms with van der Waals surface area (Å²) in [6.07, 6.45) is 10.6. The Labute approximate surface area is 253 Å². The minimum atomic E-state index is -0.232. The summed E-state index contributed by atoms with van der Waals surface area (Å²) < 4.78 is 2.94. The zero-order valence-electron chi connectivity index (χ0n) is 26.4. The lowest BCUT2D eigenvalue weighted by Crippen LogP contribution is -2.62. The normalized spacial score (nSPS) is 40.3. The number of carbonyl (C=O) groups excluding carboxylic acids is 1. The molecule has 230 valence electrons. The molecule has 0 spiro atoms. The van der Waals surface area contributed by atoms with E-state index in [2.05, 4.69) is 75.8 Å². The van der Waals surface area contributed by atoms with Gasteiger partial charge < -0.3 is 15.5 Å². The van der Waals surface area contributed by atoms with E-state index < -0.39 is 0 Å². The van der Waals surface area contributed by atoms with Crippen molar-refractivity contribution in [3.05, 3.63) is 29.8 Å². The van der Waals surface area contributed by atoms with Crippen LogP contribution in [0.2, 0.25) is 0 Å². The maximum atomic E-state index is 12.5. The number of aliphatic hydroxyl groups excluding tert-OH is 2. The monoisotopic (exact) mass is 584 g/mol. The van der Waals surface area contributed by atoms with E-state index in [-0.39, 0.29) is 34.5 Å². The van der Waals surface area contributed by atoms with E-state index in [0.717, 1.165) is 43.4 Å². The average Bonchev–Trinajstić information content (AvgIpc) is 3.27. The molecule has 1 aromatic carbocycles. The first-order valence-electron chi connectivity index (χ1n) is 16.6. The number of benzene rings is 1. The molecule has 4 N–H and O–H groups in total. The van der Waals surface area contributed by atoms with Crippen molar-refractivity contribution >= 4 is 18.0 Å². The van der Waals surface area contributed by atoms with Crippen LogP contribution < -0.4 is 10.0 Å². The van der Waals surface area contributed by atoms with Gasteiger partial charge in [0.25, 0.3) is 0 Å². The van der Waals surface area contributed by atoms with Gasteiger partial charge in [0.15, 0.2) is 0 Å². The van der Waals surface area contributed by atoms with Crippen LogP contribution in [-0.2, 0) is 5.41 Å². The van der Waals surface area contributed by atoms with Gasteiger partial charge in [0.2, 0.25) is 0 Å². The third-order valence-corrected chi connectivity index (χ3v) is 13.4. The van der Waals surface area contributed by atoms with Crippen LogP contribution in [0.3, 0.4) is 0 Å². The first-order valence-corrected chi connectivity index (χ1v) is 17.4. The predicted molar refractivity (Wildman–Crippen MR) is 169 cm³/mol. The number of urea groups is 1. The Morgan fingerprint density at radius 2 is 1.66 bits per heavy atom. The molecule has 4 aliphatic carbocycles. The first-order chi connectivity index (χ1) is 19.4. The average molecular weight is 585 g/mol. The topological polar surface area (TPSA) is 81.6 Å². The fraction of sp³-hybridized carbons (Fsp3) is 0.800. The molecule has 4 saturated carbocycles. The summed E-state index contributed by atoms with van der Waals surface area (Å²) in [6.45, 7) is 14.6. The lowest BCUT2D eigenvalue weighted by molar-refractivity contribution is -0.202. The van der Waals surface area contributed by atoms with Crippen LogP contribution in [0.5, 0.6) is 0 Å². The zero-order chi connectivity index (χ0) is 29.6. The highest BCUT2D eigenvalue weighted by atomic mass is 32.2. The predicted octanol–water partition coefficient (Wildman–Crippen LogP) is 7.70. The van der Waals surface area contributed by atoms with Crippen molar-refractivity contribution in [3.63, 3.8) is 0 Å². The summed E-state index contributed by atoms with van der Waals surface area (Å²) in [5, 5.41) is 25.5. The highest BCUT2D eigenvalue weighted by molar-refractivity contribution is 7.98. The van der Waals surface area contributed by atoms with E-state index in [9.17, 15) is 15.0 Å². The minimum Gasteiger partial charge on any atom is -0.393 e. The highest BCUT2D eigenvalue weighted by Gasteiger charge is 2.64. The summed E-state index contributed by atoms with van der Waals surface area (Å²) in [4.78, 5) is 13.5. The van der Waals surface area contributed by atoms with Crippen LogP contribution in [0, 0.1) is 46.3 Å². The molecule has 5 rings (SSSR count). The van der Waals surface area contributed by atoms with Crippen molar-refractivity contribution in [2.45, 2.75) is 128 Å². The third-order valence-electron chi connectivity index (χ3n) is 12.6. The molecule has 0 radical (unpaired) electrons. The van der Waals surface area contributed by atoms with Gasteiger partial charge in [0.05, 0.1) is 12.2 Å².